The molecular formula is C19H21NO2. The number of aromatic nitrogens is 1. The third kappa shape index (κ3) is 4.22. The van der Waals surface area contributed by atoms with Crippen molar-refractivity contribution in [3.8, 4) is 11.5 Å². The first-order chi connectivity index (χ1) is 10.6. The molecule has 2 rings (SSSR count). The Morgan fingerprint density at radius 2 is 2.05 bits per heavy atom. The van der Waals surface area contributed by atoms with E-state index in [1.54, 1.807) is 19.4 Å². The second-order valence-electron chi connectivity index (χ2n) is 5.29. The summed E-state index contributed by atoms with van der Waals surface area (Å²) in [4.78, 5) is 4.24. The van der Waals surface area contributed by atoms with Crippen LogP contribution in [0.15, 0.2) is 48.2 Å². The molecule has 3 heteroatoms. The van der Waals surface area contributed by atoms with Gasteiger partial charge in [0.2, 0.25) is 0 Å². The predicted molar refractivity (Wildman–Crippen MR) is 91.0 cm³/mol. The molecule has 0 aliphatic heterocycles. The van der Waals surface area contributed by atoms with Crippen LogP contribution in [0.5, 0.6) is 11.5 Å². The number of methoxy groups -OCH3 is 1. The fraction of sp³-hybridized carbons (Fsp3) is 0.211. The first-order valence-electron chi connectivity index (χ1n) is 7.22. The van der Waals surface area contributed by atoms with Crippen LogP contribution in [0.3, 0.4) is 0 Å². The largest absolute Gasteiger partial charge is 0.507 e. The summed E-state index contributed by atoms with van der Waals surface area (Å²) in [5, 5.41) is 10.3. The zero-order valence-electron chi connectivity index (χ0n) is 13.2. The Balaban J connectivity index is 2.29. The van der Waals surface area contributed by atoms with Gasteiger partial charge in [-0.3, -0.25) is 4.98 Å². The molecule has 0 spiro atoms. The van der Waals surface area contributed by atoms with Gasteiger partial charge in [0.1, 0.15) is 11.5 Å². The van der Waals surface area contributed by atoms with Gasteiger partial charge in [-0.1, -0.05) is 23.8 Å². The summed E-state index contributed by atoms with van der Waals surface area (Å²) in [5.74, 6) is 0.940. The topological polar surface area (TPSA) is 42.4 Å². The van der Waals surface area contributed by atoms with Crippen LogP contribution in [0.2, 0.25) is 0 Å². The molecule has 3 nitrogen and oxygen atoms in total. The van der Waals surface area contributed by atoms with Crippen LogP contribution in [-0.2, 0) is 6.42 Å². The summed E-state index contributed by atoms with van der Waals surface area (Å²) < 4.78 is 5.41. The van der Waals surface area contributed by atoms with Crippen molar-refractivity contribution >= 4 is 12.2 Å². The van der Waals surface area contributed by atoms with E-state index in [9.17, 15) is 5.11 Å². The molecule has 0 saturated carbocycles. The summed E-state index contributed by atoms with van der Waals surface area (Å²) in [6.45, 7) is 4.07. The molecule has 0 amide bonds. The predicted octanol–water partition coefficient (Wildman–Crippen LogP) is 4.47. The van der Waals surface area contributed by atoms with E-state index in [0.29, 0.717) is 12.2 Å². The molecule has 114 valence electrons. The average Bonchev–Trinajstić information content (AvgIpc) is 2.52. The molecule has 1 N–H and O–H groups in total. The summed E-state index contributed by atoms with van der Waals surface area (Å²) in [5.41, 5.74) is 3.76. The van der Waals surface area contributed by atoms with Gasteiger partial charge in [-0.05, 0) is 56.2 Å². The summed E-state index contributed by atoms with van der Waals surface area (Å²) in [6, 6.07) is 9.41. The van der Waals surface area contributed by atoms with E-state index in [4.69, 9.17) is 4.74 Å². The monoisotopic (exact) mass is 295 g/mol. The third-order valence-corrected chi connectivity index (χ3v) is 3.28. The maximum atomic E-state index is 10.3. The lowest BCUT2D eigenvalue weighted by atomic mass is 10.0. The lowest BCUT2D eigenvalue weighted by molar-refractivity contribution is 0.401. The van der Waals surface area contributed by atoms with Crippen LogP contribution in [0.4, 0.5) is 0 Å². The number of phenolic OH excluding ortho intramolecular Hbond substituents is 1. The molecule has 0 radical (unpaired) electrons. The molecule has 0 aliphatic rings. The van der Waals surface area contributed by atoms with E-state index in [0.717, 1.165) is 16.8 Å². The molecule has 0 bridgehead atoms. The maximum absolute atomic E-state index is 10.3. The molecule has 22 heavy (non-hydrogen) atoms. The van der Waals surface area contributed by atoms with Gasteiger partial charge in [0, 0.05) is 11.8 Å². The second kappa shape index (κ2) is 7.46. The Kier molecular flexibility index (Phi) is 5.37. The van der Waals surface area contributed by atoms with Crippen molar-refractivity contribution in [3.05, 3.63) is 65.0 Å². The smallest absolute Gasteiger partial charge is 0.126 e. The lowest BCUT2D eigenvalue weighted by Gasteiger charge is -2.10. The van der Waals surface area contributed by atoms with Crippen LogP contribution >= 0.6 is 0 Å². The van der Waals surface area contributed by atoms with Crippen molar-refractivity contribution in [1.82, 2.24) is 4.98 Å². The number of pyridine rings is 1. The van der Waals surface area contributed by atoms with Gasteiger partial charge in [0.15, 0.2) is 0 Å². The van der Waals surface area contributed by atoms with E-state index < -0.39 is 0 Å². The Labute approximate surface area is 131 Å². The number of nitrogens with zero attached hydrogens (tertiary/aromatic N) is 1. The number of allylic oxidation sites excluding steroid dienone is 2. The normalized spacial score (nSPS) is 10.7. The molecular weight excluding hydrogens is 274 g/mol. The molecule has 1 aromatic carbocycles. The number of rotatable bonds is 5. The fourth-order valence-electron chi connectivity index (χ4n) is 2.10. The van der Waals surface area contributed by atoms with Gasteiger partial charge in [-0.2, -0.15) is 0 Å². The lowest BCUT2D eigenvalue weighted by Crippen LogP contribution is -1.93. The molecule has 1 aromatic heterocycles. The summed E-state index contributed by atoms with van der Waals surface area (Å²) >= 11 is 0. The zero-order valence-corrected chi connectivity index (χ0v) is 13.2. The number of aromatic hydroxyl groups is 1. The van der Waals surface area contributed by atoms with Crippen molar-refractivity contribution in [2.75, 3.05) is 7.11 Å². The minimum Gasteiger partial charge on any atom is -0.507 e. The number of benzene rings is 1. The molecule has 0 fully saturated rings. The van der Waals surface area contributed by atoms with Gasteiger partial charge in [0.25, 0.3) is 0 Å². The quantitative estimate of drug-likeness (QED) is 0.827. The average molecular weight is 295 g/mol. The molecule has 0 atom stereocenters. The van der Waals surface area contributed by atoms with Crippen LogP contribution in [0, 0.1) is 0 Å². The first-order valence-corrected chi connectivity index (χ1v) is 7.22. The summed E-state index contributed by atoms with van der Waals surface area (Å²) in [6.07, 6.45) is 8.29. The summed E-state index contributed by atoms with van der Waals surface area (Å²) in [7, 11) is 1.62. The van der Waals surface area contributed by atoms with Crippen LogP contribution in [-0.4, -0.2) is 17.2 Å². The van der Waals surface area contributed by atoms with Crippen molar-refractivity contribution in [3.63, 3.8) is 0 Å². The maximum Gasteiger partial charge on any atom is 0.126 e. The Bertz CT molecular complexity index is 684. The van der Waals surface area contributed by atoms with E-state index >= 15 is 0 Å². The third-order valence-electron chi connectivity index (χ3n) is 3.28. The molecule has 1 heterocycles. The molecule has 2 aromatic rings. The SMILES string of the molecule is COc1cc(/C=C/c2ccccn2)cc(O)c1CC=C(C)C. The van der Waals surface area contributed by atoms with Crippen LogP contribution in [0.1, 0.15) is 30.7 Å². The molecule has 0 unspecified atom stereocenters. The highest BCUT2D eigenvalue weighted by molar-refractivity contribution is 5.70. The fourth-order valence-corrected chi connectivity index (χ4v) is 2.10. The number of hydrogen-bond donors (Lipinski definition) is 1. The van der Waals surface area contributed by atoms with Gasteiger partial charge >= 0.3 is 0 Å². The van der Waals surface area contributed by atoms with E-state index in [-0.39, 0.29) is 5.75 Å². The number of ether oxygens (including phenoxy) is 1. The highest BCUT2D eigenvalue weighted by atomic mass is 16.5. The van der Waals surface area contributed by atoms with Crippen molar-refractivity contribution in [2.45, 2.75) is 20.3 Å². The van der Waals surface area contributed by atoms with E-state index in [2.05, 4.69) is 11.1 Å². The van der Waals surface area contributed by atoms with Crippen molar-refractivity contribution in [2.24, 2.45) is 0 Å². The number of phenols is 1. The molecule has 0 aliphatic carbocycles. The van der Waals surface area contributed by atoms with Gasteiger partial charge in [0.05, 0.1) is 12.8 Å². The minimum atomic E-state index is 0.248. The standard InChI is InChI=1S/C19H21NO2/c1-14(2)7-10-17-18(21)12-15(13-19(17)22-3)8-9-16-6-4-5-11-20-16/h4-9,11-13,21H,10H2,1-3H3/b9-8+. The highest BCUT2D eigenvalue weighted by Crippen LogP contribution is 2.31. The van der Waals surface area contributed by atoms with E-state index in [1.165, 1.54) is 5.57 Å². The minimum absolute atomic E-state index is 0.248. The van der Waals surface area contributed by atoms with Crippen molar-refractivity contribution in [1.29, 1.82) is 0 Å². The van der Waals surface area contributed by atoms with Gasteiger partial charge in [-0.25, -0.2) is 0 Å². The Hall–Kier alpha value is -2.55. The van der Waals surface area contributed by atoms with Gasteiger partial charge in [-0.15, -0.1) is 0 Å². The second-order valence-corrected chi connectivity index (χ2v) is 5.29. The highest BCUT2D eigenvalue weighted by Gasteiger charge is 2.09. The van der Waals surface area contributed by atoms with Gasteiger partial charge < -0.3 is 9.84 Å². The zero-order chi connectivity index (χ0) is 15.9. The number of hydrogen-bond acceptors (Lipinski definition) is 3. The Morgan fingerprint density at radius 1 is 1.23 bits per heavy atom. The Morgan fingerprint density at radius 3 is 2.68 bits per heavy atom. The van der Waals surface area contributed by atoms with Crippen molar-refractivity contribution < 1.29 is 9.84 Å². The molecule has 0 saturated heterocycles. The van der Waals surface area contributed by atoms with Crippen LogP contribution in [0.25, 0.3) is 12.2 Å². The van der Waals surface area contributed by atoms with E-state index in [1.807, 2.05) is 50.3 Å². The first kappa shape index (κ1) is 15.8. The van der Waals surface area contributed by atoms with Crippen LogP contribution < -0.4 is 4.74 Å².